The minimum absolute atomic E-state index is 0.0641. The van der Waals surface area contributed by atoms with E-state index in [4.69, 9.17) is 27.6 Å². The molecule has 4 amide bonds. The highest BCUT2D eigenvalue weighted by Gasteiger charge is 2.52. The topological polar surface area (TPSA) is 89.3 Å². The number of hydrogen-bond donors (Lipinski definition) is 1. The molecule has 2 fully saturated rings. The van der Waals surface area contributed by atoms with E-state index in [2.05, 4.69) is 30.1 Å². The van der Waals surface area contributed by atoms with E-state index in [-0.39, 0.29) is 38.0 Å². The standard InChI is InChI=1S/C37H33Cl2N5O4/c1-2-15-42(37(47)40-20-25-10-12-30(38)31(39)18-25)43-23-35(45)44-32(19-24-11-13-33-27(17-24)14-16-48-33)36(46)41(22-34(43)44)21-28-8-5-7-26-6-3-4-9-29(26)28/h2-14,16-18,32,34H,1,15,19-23H2,(H,40,47)/t32-,34+/m0/s1. The fourth-order valence-corrected chi connectivity index (χ4v) is 7.06. The van der Waals surface area contributed by atoms with Crippen LogP contribution in [0.15, 0.2) is 108 Å². The Bertz CT molecular complexity index is 2040. The summed E-state index contributed by atoms with van der Waals surface area (Å²) in [6.07, 6.45) is 2.98. The van der Waals surface area contributed by atoms with Crippen LogP contribution in [0.2, 0.25) is 10.0 Å². The molecular weight excluding hydrogens is 649 g/mol. The van der Waals surface area contributed by atoms with Gasteiger partial charge in [0.2, 0.25) is 11.8 Å². The molecule has 48 heavy (non-hydrogen) atoms. The Kier molecular flexibility index (Phi) is 8.83. The minimum Gasteiger partial charge on any atom is -0.464 e. The highest BCUT2D eigenvalue weighted by Crippen LogP contribution is 2.32. The second-order valence-corrected chi connectivity index (χ2v) is 12.8. The number of urea groups is 1. The summed E-state index contributed by atoms with van der Waals surface area (Å²) in [5.41, 5.74) is 3.43. The smallest absolute Gasteiger partial charge is 0.332 e. The Labute approximate surface area is 287 Å². The maximum absolute atomic E-state index is 14.4. The first-order valence-electron chi connectivity index (χ1n) is 15.7. The van der Waals surface area contributed by atoms with E-state index < -0.39 is 18.2 Å². The molecule has 0 unspecified atom stereocenters. The lowest BCUT2D eigenvalue weighted by atomic mass is 9.98. The number of hydrazine groups is 1. The first-order chi connectivity index (χ1) is 23.3. The van der Waals surface area contributed by atoms with Crippen LogP contribution >= 0.6 is 23.2 Å². The van der Waals surface area contributed by atoms with Crippen molar-refractivity contribution >= 4 is 62.8 Å². The lowest BCUT2D eigenvalue weighted by Crippen LogP contribution is -2.66. The Hall–Kier alpha value is -4.83. The van der Waals surface area contributed by atoms with Crippen LogP contribution < -0.4 is 5.32 Å². The van der Waals surface area contributed by atoms with Crippen molar-refractivity contribution in [1.82, 2.24) is 25.1 Å². The third-order valence-corrected chi connectivity index (χ3v) is 9.77. The van der Waals surface area contributed by atoms with Gasteiger partial charge in [0.15, 0.2) is 0 Å². The number of nitrogens with zero attached hydrogens (tertiary/aromatic N) is 4. The maximum atomic E-state index is 14.4. The molecule has 1 N–H and O–H groups in total. The number of hydrogen-bond acceptors (Lipinski definition) is 5. The summed E-state index contributed by atoms with van der Waals surface area (Å²) in [5, 5.41) is 10.1. The number of piperazine rings is 1. The Morgan fingerprint density at radius 3 is 2.60 bits per heavy atom. The molecule has 2 saturated heterocycles. The summed E-state index contributed by atoms with van der Waals surface area (Å²) in [6.45, 7) is 4.74. The summed E-state index contributed by atoms with van der Waals surface area (Å²) in [6, 6.07) is 25.8. The van der Waals surface area contributed by atoms with E-state index in [0.29, 0.717) is 23.0 Å². The van der Waals surface area contributed by atoms with Crippen LogP contribution in [0.4, 0.5) is 4.79 Å². The van der Waals surface area contributed by atoms with Gasteiger partial charge in [0, 0.05) is 24.9 Å². The first-order valence-corrected chi connectivity index (χ1v) is 16.5. The zero-order valence-electron chi connectivity index (χ0n) is 26.0. The molecule has 0 spiro atoms. The molecule has 0 saturated carbocycles. The Morgan fingerprint density at radius 1 is 0.958 bits per heavy atom. The van der Waals surface area contributed by atoms with Crippen LogP contribution in [0, 0.1) is 0 Å². The Morgan fingerprint density at radius 2 is 1.77 bits per heavy atom. The molecule has 0 bridgehead atoms. The molecule has 11 heteroatoms. The largest absolute Gasteiger partial charge is 0.464 e. The molecule has 244 valence electrons. The van der Waals surface area contributed by atoms with E-state index in [1.807, 2.05) is 53.4 Å². The number of furan rings is 1. The number of nitrogens with one attached hydrogen (secondary N) is 1. The number of halogens is 2. The number of carbonyl (C=O) groups is 3. The predicted molar refractivity (Wildman–Crippen MR) is 186 cm³/mol. The van der Waals surface area contributed by atoms with Gasteiger partial charge in [-0.05, 0) is 57.8 Å². The van der Waals surface area contributed by atoms with Gasteiger partial charge in [0.25, 0.3) is 0 Å². The molecule has 2 atom stereocenters. The highest BCUT2D eigenvalue weighted by atomic mass is 35.5. The van der Waals surface area contributed by atoms with Crippen molar-refractivity contribution in [2.45, 2.75) is 31.7 Å². The third kappa shape index (κ3) is 6.12. The molecule has 0 aliphatic carbocycles. The number of carbonyl (C=O) groups excluding carboxylic acids is 3. The van der Waals surface area contributed by atoms with Gasteiger partial charge in [0.1, 0.15) is 17.8 Å². The maximum Gasteiger partial charge on any atom is 0.332 e. The van der Waals surface area contributed by atoms with Crippen molar-refractivity contribution < 1.29 is 18.8 Å². The molecule has 4 aromatic carbocycles. The molecule has 2 aliphatic heterocycles. The van der Waals surface area contributed by atoms with Crippen molar-refractivity contribution in [1.29, 1.82) is 0 Å². The number of amides is 4. The van der Waals surface area contributed by atoms with Crippen LogP contribution in [-0.2, 0) is 29.1 Å². The Balaban J connectivity index is 1.20. The average Bonchev–Trinajstić information content (AvgIpc) is 3.69. The van der Waals surface area contributed by atoms with Gasteiger partial charge >= 0.3 is 6.03 Å². The van der Waals surface area contributed by atoms with Crippen LogP contribution in [0.3, 0.4) is 0 Å². The highest BCUT2D eigenvalue weighted by molar-refractivity contribution is 6.42. The summed E-state index contributed by atoms with van der Waals surface area (Å²) in [4.78, 5) is 45.4. The lowest BCUT2D eigenvalue weighted by molar-refractivity contribution is -0.157. The summed E-state index contributed by atoms with van der Waals surface area (Å²) in [5.74, 6) is -0.361. The SMILES string of the molecule is C=CCN(C(=O)NCc1ccc(Cl)c(Cl)c1)N1CC(=O)N2[C@@H](Cc3ccc4occc4c3)C(=O)N(Cc3cccc4ccccc34)C[C@@H]21. The monoisotopic (exact) mass is 681 g/mol. The van der Waals surface area contributed by atoms with Crippen LogP contribution in [0.1, 0.15) is 16.7 Å². The second-order valence-electron chi connectivity index (χ2n) is 12.0. The van der Waals surface area contributed by atoms with Crippen molar-refractivity contribution in [2.24, 2.45) is 0 Å². The van der Waals surface area contributed by atoms with Crippen LogP contribution in [0.25, 0.3) is 21.7 Å². The minimum atomic E-state index is -0.773. The van der Waals surface area contributed by atoms with Crippen LogP contribution in [-0.4, -0.2) is 69.5 Å². The summed E-state index contributed by atoms with van der Waals surface area (Å²) < 4.78 is 5.52. The van der Waals surface area contributed by atoms with Crippen molar-refractivity contribution in [3.05, 3.63) is 131 Å². The number of fused-ring (bicyclic) bond motifs is 3. The molecule has 7 rings (SSSR count). The van der Waals surface area contributed by atoms with Gasteiger partial charge in [-0.3, -0.25) is 14.6 Å². The van der Waals surface area contributed by atoms with E-state index >= 15 is 0 Å². The van der Waals surface area contributed by atoms with E-state index in [1.165, 1.54) is 5.01 Å². The van der Waals surface area contributed by atoms with Gasteiger partial charge in [0.05, 0.1) is 35.9 Å². The number of benzene rings is 4. The van der Waals surface area contributed by atoms with Gasteiger partial charge in [-0.15, -0.1) is 6.58 Å². The second kappa shape index (κ2) is 13.4. The molecular formula is C37H33Cl2N5O4. The van der Waals surface area contributed by atoms with Gasteiger partial charge < -0.3 is 19.5 Å². The van der Waals surface area contributed by atoms with Gasteiger partial charge in [-0.1, -0.05) is 83.9 Å². The zero-order chi connectivity index (χ0) is 33.4. The normalized spacial score (nSPS) is 18.0. The molecule has 1 aromatic heterocycles. The molecule has 0 radical (unpaired) electrons. The van der Waals surface area contributed by atoms with E-state index in [0.717, 1.165) is 38.4 Å². The molecule has 3 heterocycles. The summed E-state index contributed by atoms with van der Waals surface area (Å²) >= 11 is 12.3. The van der Waals surface area contributed by atoms with Crippen LogP contribution in [0.5, 0.6) is 0 Å². The molecule has 9 nitrogen and oxygen atoms in total. The fraction of sp³-hybridized carbons (Fsp3) is 0.216. The van der Waals surface area contributed by atoms with E-state index in [9.17, 15) is 14.4 Å². The zero-order valence-corrected chi connectivity index (χ0v) is 27.5. The summed E-state index contributed by atoms with van der Waals surface area (Å²) in [7, 11) is 0. The van der Waals surface area contributed by atoms with Crippen molar-refractivity contribution in [3.8, 4) is 0 Å². The molecule has 5 aromatic rings. The van der Waals surface area contributed by atoms with Gasteiger partial charge in [-0.2, -0.15) is 5.01 Å². The lowest BCUT2D eigenvalue weighted by Gasteiger charge is -2.46. The van der Waals surface area contributed by atoms with E-state index in [1.54, 1.807) is 40.4 Å². The third-order valence-electron chi connectivity index (χ3n) is 9.03. The van der Waals surface area contributed by atoms with Crippen molar-refractivity contribution in [2.75, 3.05) is 19.6 Å². The first kappa shape index (κ1) is 31.8. The average molecular weight is 683 g/mol. The number of rotatable bonds is 9. The molecule has 2 aliphatic rings. The van der Waals surface area contributed by atoms with Gasteiger partial charge in [-0.25, -0.2) is 4.79 Å². The quantitative estimate of drug-likeness (QED) is 0.177. The predicted octanol–water partition coefficient (Wildman–Crippen LogP) is 6.63. The fourth-order valence-electron chi connectivity index (χ4n) is 6.74. The van der Waals surface area contributed by atoms with Crippen molar-refractivity contribution in [3.63, 3.8) is 0 Å².